The molecule has 1 aliphatic heterocycles. The van der Waals surface area contributed by atoms with Gasteiger partial charge in [0.25, 0.3) is 0 Å². The SMILES string of the molecule is CC(O)(CNC(=O)N1CCCSCC1)CC(=O)O. The van der Waals surface area contributed by atoms with Crippen LogP contribution in [-0.2, 0) is 4.79 Å². The molecule has 1 saturated heterocycles. The molecule has 7 heteroatoms. The van der Waals surface area contributed by atoms with Crippen molar-refractivity contribution in [3.8, 4) is 0 Å². The summed E-state index contributed by atoms with van der Waals surface area (Å²) in [4.78, 5) is 24.1. The van der Waals surface area contributed by atoms with E-state index in [9.17, 15) is 14.7 Å². The van der Waals surface area contributed by atoms with Crippen molar-refractivity contribution in [2.75, 3.05) is 31.1 Å². The van der Waals surface area contributed by atoms with Crippen LogP contribution in [0.1, 0.15) is 19.8 Å². The number of thioether (sulfide) groups is 1. The van der Waals surface area contributed by atoms with Crippen LogP contribution in [0.4, 0.5) is 4.79 Å². The number of nitrogens with one attached hydrogen (secondary N) is 1. The highest BCUT2D eigenvalue weighted by Crippen LogP contribution is 2.11. The van der Waals surface area contributed by atoms with Gasteiger partial charge in [-0.25, -0.2) is 4.79 Å². The van der Waals surface area contributed by atoms with E-state index in [0.29, 0.717) is 13.1 Å². The number of aliphatic carboxylic acids is 1. The fourth-order valence-corrected chi connectivity index (χ4v) is 2.60. The molecular weight excluding hydrogens is 256 g/mol. The monoisotopic (exact) mass is 276 g/mol. The Labute approximate surface area is 111 Å². The number of hydrogen-bond acceptors (Lipinski definition) is 4. The van der Waals surface area contributed by atoms with E-state index in [1.807, 2.05) is 11.8 Å². The topological polar surface area (TPSA) is 89.9 Å². The summed E-state index contributed by atoms with van der Waals surface area (Å²) >= 11 is 1.82. The van der Waals surface area contributed by atoms with Gasteiger partial charge in [-0.1, -0.05) is 0 Å². The van der Waals surface area contributed by atoms with E-state index >= 15 is 0 Å². The Morgan fingerprint density at radius 2 is 2.11 bits per heavy atom. The third-order valence-corrected chi connectivity index (χ3v) is 3.71. The normalized spacial score (nSPS) is 19.8. The Bertz CT molecular complexity index is 301. The van der Waals surface area contributed by atoms with Crippen molar-refractivity contribution in [1.82, 2.24) is 10.2 Å². The molecule has 1 fully saturated rings. The number of rotatable bonds is 4. The number of amides is 2. The van der Waals surface area contributed by atoms with Crippen LogP contribution in [0.25, 0.3) is 0 Å². The van der Waals surface area contributed by atoms with E-state index < -0.39 is 11.6 Å². The molecule has 3 N–H and O–H groups in total. The molecule has 0 aliphatic carbocycles. The summed E-state index contributed by atoms with van der Waals surface area (Å²) in [5, 5.41) is 21.0. The number of carbonyl (C=O) groups is 2. The summed E-state index contributed by atoms with van der Waals surface area (Å²) in [6.07, 6.45) is 0.576. The van der Waals surface area contributed by atoms with E-state index in [0.717, 1.165) is 17.9 Å². The predicted molar refractivity (Wildman–Crippen MR) is 69.8 cm³/mol. The number of carboxylic acids is 1. The average Bonchev–Trinajstić information content (AvgIpc) is 2.52. The maximum absolute atomic E-state index is 11.8. The molecule has 18 heavy (non-hydrogen) atoms. The van der Waals surface area contributed by atoms with Gasteiger partial charge in [0.1, 0.15) is 0 Å². The van der Waals surface area contributed by atoms with Crippen molar-refractivity contribution in [3.63, 3.8) is 0 Å². The second kappa shape index (κ2) is 6.84. The average molecular weight is 276 g/mol. The van der Waals surface area contributed by atoms with Gasteiger partial charge in [0.05, 0.1) is 12.0 Å². The second-order valence-electron chi connectivity index (χ2n) is 4.68. The molecular formula is C11H20N2O4S. The molecule has 104 valence electrons. The first kappa shape index (κ1) is 15.1. The summed E-state index contributed by atoms with van der Waals surface area (Å²) in [7, 11) is 0. The fourth-order valence-electron chi connectivity index (χ4n) is 1.72. The van der Waals surface area contributed by atoms with Crippen molar-refractivity contribution >= 4 is 23.8 Å². The van der Waals surface area contributed by atoms with E-state index in [4.69, 9.17) is 5.11 Å². The van der Waals surface area contributed by atoms with Crippen molar-refractivity contribution in [2.45, 2.75) is 25.4 Å². The van der Waals surface area contributed by atoms with Crippen LogP contribution < -0.4 is 5.32 Å². The summed E-state index contributed by atoms with van der Waals surface area (Å²) in [5.41, 5.74) is -1.41. The van der Waals surface area contributed by atoms with Gasteiger partial charge >= 0.3 is 12.0 Å². The third kappa shape index (κ3) is 5.59. The molecule has 6 nitrogen and oxygen atoms in total. The highest BCUT2D eigenvalue weighted by atomic mass is 32.2. The molecule has 1 unspecified atom stereocenters. The molecule has 0 saturated carbocycles. The molecule has 0 bridgehead atoms. The molecule has 0 aromatic carbocycles. The van der Waals surface area contributed by atoms with Gasteiger partial charge in [-0.15, -0.1) is 0 Å². The number of carbonyl (C=O) groups excluding carboxylic acids is 1. The van der Waals surface area contributed by atoms with Crippen LogP contribution in [0.2, 0.25) is 0 Å². The molecule has 0 spiro atoms. The zero-order chi connectivity index (χ0) is 13.6. The minimum Gasteiger partial charge on any atom is -0.481 e. The van der Waals surface area contributed by atoms with Crippen LogP contribution in [-0.4, -0.2) is 63.9 Å². The molecule has 0 radical (unpaired) electrons. The molecule has 1 atom stereocenters. The lowest BCUT2D eigenvalue weighted by Crippen LogP contribution is -2.48. The van der Waals surface area contributed by atoms with Gasteiger partial charge in [0.2, 0.25) is 0 Å². The van der Waals surface area contributed by atoms with Crippen molar-refractivity contribution in [3.05, 3.63) is 0 Å². The van der Waals surface area contributed by atoms with Gasteiger partial charge in [-0.3, -0.25) is 4.79 Å². The number of aliphatic hydroxyl groups is 1. The zero-order valence-electron chi connectivity index (χ0n) is 10.5. The number of urea groups is 1. The lowest BCUT2D eigenvalue weighted by atomic mass is 10.0. The van der Waals surface area contributed by atoms with Crippen LogP contribution in [0.3, 0.4) is 0 Å². The largest absolute Gasteiger partial charge is 0.481 e. The van der Waals surface area contributed by atoms with Crippen molar-refractivity contribution in [2.24, 2.45) is 0 Å². The molecule has 0 aromatic rings. The summed E-state index contributed by atoms with van der Waals surface area (Å²) < 4.78 is 0. The minimum absolute atomic E-state index is 0.0538. The number of nitrogens with zero attached hydrogens (tertiary/aromatic N) is 1. The lowest BCUT2D eigenvalue weighted by molar-refractivity contribution is -0.141. The number of hydrogen-bond donors (Lipinski definition) is 3. The molecule has 1 aliphatic rings. The van der Waals surface area contributed by atoms with Crippen LogP contribution >= 0.6 is 11.8 Å². The van der Waals surface area contributed by atoms with Gasteiger partial charge in [0, 0.05) is 25.4 Å². The smallest absolute Gasteiger partial charge is 0.317 e. The van der Waals surface area contributed by atoms with Gasteiger partial charge in [-0.2, -0.15) is 11.8 Å². The molecule has 0 aromatic heterocycles. The van der Waals surface area contributed by atoms with Gasteiger partial charge < -0.3 is 20.4 Å². The fraction of sp³-hybridized carbons (Fsp3) is 0.818. The minimum atomic E-state index is -1.41. The van der Waals surface area contributed by atoms with Crippen molar-refractivity contribution < 1.29 is 19.8 Å². The first-order valence-electron chi connectivity index (χ1n) is 5.95. The van der Waals surface area contributed by atoms with Gasteiger partial charge in [0.15, 0.2) is 0 Å². The summed E-state index contributed by atoms with van der Waals surface area (Å²) in [5.74, 6) is 0.889. The maximum atomic E-state index is 11.8. The van der Waals surface area contributed by atoms with Gasteiger partial charge in [-0.05, 0) is 19.1 Å². The highest BCUT2D eigenvalue weighted by Gasteiger charge is 2.26. The Balaban J connectivity index is 2.37. The quantitative estimate of drug-likeness (QED) is 0.690. The molecule has 1 heterocycles. The predicted octanol–water partition coefficient (Wildman–Crippen LogP) is 0.361. The van der Waals surface area contributed by atoms with E-state index in [1.165, 1.54) is 6.92 Å². The maximum Gasteiger partial charge on any atom is 0.317 e. The zero-order valence-corrected chi connectivity index (χ0v) is 11.3. The van der Waals surface area contributed by atoms with E-state index in [-0.39, 0.29) is 19.0 Å². The molecule has 2 amide bonds. The van der Waals surface area contributed by atoms with Crippen LogP contribution in [0, 0.1) is 0 Å². The Hall–Kier alpha value is -0.950. The summed E-state index contributed by atoms with van der Waals surface area (Å²) in [6, 6.07) is -0.233. The molecule has 1 rings (SSSR count). The Morgan fingerprint density at radius 1 is 1.39 bits per heavy atom. The first-order chi connectivity index (χ1) is 8.41. The summed E-state index contributed by atoms with van der Waals surface area (Å²) in [6.45, 7) is 2.75. The highest BCUT2D eigenvalue weighted by molar-refractivity contribution is 7.99. The Kier molecular flexibility index (Phi) is 5.74. The van der Waals surface area contributed by atoms with E-state index in [2.05, 4.69) is 5.32 Å². The lowest BCUT2D eigenvalue weighted by Gasteiger charge is -2.25. The standard InChI is InChI=1S/C11H20N2O4S/c1-11(17,7-9(14)15)8-12-10(16)13-3-2-5-18-6-4-13/h17H,2-8H2,1H3,(H,12,16)(H,14,15). The third-order valence-electron chi connectivity index (χ3n) is 2.66. The van der Waals surface area contributed by atoms with Crippen molar-refractivity contribution in [1.29, 1.82) is 0 Å². The Morgan fingerprint density at radius 3 is 2.78 bits per heavy atom. The van der Waals surface area contributed by atoms with Crippen LogP contribution in [0.15, 0.2) is 0 Å². The number of carboxylic acid groups (broad SMARTS) is 1. The van der Waals surface area contributed by atoms with Crippen LogP contribution in [0.5, 0.6) is 0 Å². The first-order valence-corrected chi connectivity index (χ1v) is 7.11. The van der Waals surface area contributed by atoms with E-state index in [1.54, 1.807) is 4.90 Å². The second-order valence-corrected chi connectivity index (χ2v) is 5.90.